The Bertz CT molecular complexity index is 263. The molecule has 2 N–H and O–H groups in total. The summed E-state index contributed by atoms with van der Waals surface area (Å²) in [4.78, 5) is 0. The van der Waals surface area contributed by atoms with Crippen LogP contribution in [-0.4, -0.2) is 20.1 Å². The number of benzene rings is 1. The number of hydrogen-bond donors (Lipinski definition) is 1. The molecular weight excluding hydrogens is 153 g/mol. The lowest BCUT2D eigenvalue weighted by molar-refractivity contribution is 0.0705. The van der Waals surface area contributed by atoms with E-state index < -0.39 is 0 Å². The molecule has 1 aliphatic heterocycles. The Morgan fingerprint density at radius 1 is 1.17 bits per heavy atom. The van der Waals surface area contributed by atoms with Gasteiger partial charge in [0.25, 0.3) is 0 Å². The second-order valence-corrected chi connectivity index (χ2v) is 2.85. The number of fused-ring (bicyclic) bond motifs is 1. The number of hydrogen-bond acceptors (Lipinski definition) is 3. The molecular formula is C8H10BNO2. The minimum Gasteiger partial charge on any atom is -0.491 e. The maximum atomic E-state index is 5.65. The predicted molar refractivity (Wildman–Crippen MR) is 48.0 cm³/mol. The van der Waals surface area contributed by atoms with Crippen molar-refractivity contribution in [3.63, 3.8) is 0 Å². The highest BCUT2D eigenvalue weighted by Crippen LogP contribution is 2.31. The van der Waals surface area contributed by atoms with Gasteiger partial charge >= 0.3 is 0 Å². The molecule has 0 aliphatic carbocycles. The number of ether oxygens (including phenoxy) is 2. The summed E-state index contributed by atoms with van der Waals surface area (Å²) in [6, 6.07) is 7.44. The molecule has 0 spiro atoms. The molecule has 2 atom stereocenters. The topological polar surface area (TPSA) is 44.5 Å². The van der Waals surface area contributed by atoms with Gasteiger partial charge in [-0.3, -0.25) is 5.73 Å². The van der Waals surface area contributed by atoms with Crippen molar-refractivity contribution >= 4 is 7.85 Å². The average molecular weight is 163 g/mol. The van der Waals surface area contributed by atoms with Crippen LogP contribution in [0.15, 0.2) is 24.3 Å². The first kappa shape index (κ1) is 7.49. The normalized spacial score (nSPS) is 26.8. The van der Waals surface area contributed by atoms with Gasteiger partial charge in [0.05, 0.1) is 0 Å². The van der Waals surface area contributed by atoms with Gasteiger partial charge in [0.1, 0.15) is 6.00 Å². The first-order valence-electron chi connectivity index (χ1n) is 3.95. The van der Waals surface area contributed by atoms with Crippen LogP contribution in [0.2, 0.25) is 0 Å². The van der Waals surface area contributed by atoms with E-state index in [1.807, 2.05) is 32.1 Å². The van der Waals surface area contributed by atoms with Crippen molar-refractivity contribution in [2.45, 2.75) is 12.2 Å². The fourth-order valence-corrected chi connectivity index (χ4v) is 1.15. The smallest absolute Gasteiger partial charge is 0.176 e. The summed E-state index contributed by atoms with van der Waals surface area (Å²) in [5.74, 6) is 1.50. The molecule has 0 fully saturated rings. The lowest BCUT2D eigenvalue weighted by Gasteiger charge is -2.29. The SMILES string of the molecule is BC1Oc2ccccc2OC1N. The molecule has 2 unspecified atom stereocenters. The van der Waals surface area contributed by atoms with E-state index in [2.05, 4.69) is 0 Å². The Hall–Kier alpha value is -1.16. The highest BCUT2D eigenvalue weighted by Gasteiger charge is 2.23. The minimum atomic E-state index is -0.361. The molecule has 12 heavy (non-hydrogen) atoms. The molecule has 4 heteroatoms. The summed E-state index contributed by atoms with van der Waals surface area (Å²) in [6.07, 6.45) is -0.361. The lowest BCUT2D eigenvalue weighted by atomic mass is 9.98. The standard InChI is InChI=1S/C8H10BNO2/c9-7-8(10)12-6-4-2-1-3-5(6)11-7/h1-4,7-8H,9-10H2. The highest BCUT2D eigenvalue weighted by atomic mass is 16.6. The Balaban J connectivity index is 2.34. The van der Waals surface area contributed by atoms with Crippen molar-refractivity contribution in [1.82, 2.24) is 0 Å². The molecule has 0 radical (unpaired) electrons. The maximum Gasteiger partial charge on any atom is 0.176 e. The zero-order chi connectivity index (χ0) is 8.55. The predicted octanol–water partition coefficient (Wildman–Crippen LogP) is -0.298. The van der Waals surface area contributed by atoms with Crippen LogP contribution in [-0.2, 0) is 0 Å². The van der Waals surface area contributed by atoms with Crippen LogP contribution in [0.25, 0.3) is 0 Å². The Labute approximate surface area is 71.9 Å². The molecule has 62 valence electrons. The summed E-state index contributed by atoms with van der Waals surface area (Å²) in [7, 11) is 1.89. The van der Waals surface area contributed by atoms with Crippen LogP contribution in [0.3, 0.4) is 0 Å². The molecule has 0 bridgehead atoms. The van der Waals surface area contributed by atoms with Gasteiger partial charge in [-0.25, -0.2) is 0 Å². The van der Waals surface area contributed by atoms with Crippen LogP contribution in [0, 0.1) is 0 Å². The third kappa shape index (κ3) is 1.14. The Kier molecular flexibility index (Phi) is 1.69. The number of para-hydroxylation sites is 2. The van der Waals surface area contributed by atoms with Crippen LogP contribution in [0.4, 0.5) is 0 Å². The van der Waals surface area contributed by atoms with Crippen LogP contribution in [0.1, 0.15) is 0 Å². The van der Waals surface area contributed by atoms with E-state index in [4.69, 9.17) is 15.2 Å². The second kappa shape index (κ2) is 2.71. The molecule has 1 aromatic carbocycles. The van der Waals surface area contributed by atoms with Crippen LogP contribution < -0.4 is 15.2 Å². The molecule has 3 nitrogen and oxygen atoms in total. The van der Waals surface area contributed by atoms with Gasteiger partial charge < -0.3 is 9.47 Å². The Morgan fingerprint density at radius 3 is 2.42 bits per heavy atom. The summed E-state index contributed by atoms with van der Waals surface area (Å²) in [5, 5.41) is 0. The van der Waals surface area contributed by atoms with Gasteiger partial charge in [-0.1, -0.05) is 12.1 Å². The van der Waals surface area contributed by atoms with Gasteiger partial charge in [-0.15, -0.1) is 0 Å². The van der Waals surface area contributed by atoms with Gasteiger partial charge in [0, 0.05) is 0 Å². The quantitative estimate of drug-likeness (QED) is 0.534. The third-order valence-electron chi connectivity index (χ3n) is 1.89. The van der Waals surface area contributed by atoms with Crippen molar-refractivity contribution in [1.29, 1.82) is 0 Å². The lowest BCUT2D eigenvalue weighted by Crippen LogP contribution is -2.46. The third-order valence-corrected chi connectivity index (χ3v) is 1.89. The van der Waals surface area contributed by atoms with Crippen LogP contribution in [0.5, 0.6) is 11.5 Å². The monoisotopic (exact) mass is 163 g/mol. The summed E-state index contributed by atoms with van der Waals surface area (Å²) >= 11 is 0. The number of rotatable bonds is 0. The largest absolute Gasteiger partial charge is 0.491 e. The molecule has 2 rings (SSSR count). The Morgan fingerprint density at radius 2 is 1.75 bits per heavy atom. The van der Waals surface area contributed by atoms with E-state index in [0.29, 0.717) is 0 Å². The van der Waals surface area contributed by atoms with Gasteiger partial charge in [-0.2, -0.15) is 0 Å². The van der Waals surface area contributed by atoms with Crippen LogP contribution >= 0.6 is 0 Å². The second-order valence-electron chi connectivity index (χ2n) is 2.85. The van der Waals surface area contributed by atoms with Gasteiger partial charge in [0.2, 0.25) is 0 Å². The molecule has 0 aromatic heterocycles. The molecule has 0 saturated carbocycles. The van der Waals surface area contributed by atoms with Gasteiger partial charge in [-0.05, 0) is 12.1 Å². The van der Waals surface area contributed by atoms with E-state index in [1.165, 1.54) is 0 Å². The molecule has 0 amide bonds. The number of nitrogens with two attached hydrogens (primary N) is 1. The molecule has 0 saturated heterocycles. The first-order valence-corrected chi connectivity index (χ1v) is 3.95. The summed E-state index contributed by atoms with van der Waals surface area (Å²) in [5.41, 5.74) is 5.65. The van der Waals surface area contributed by atoms with Gasteiger partial charge in [0.15, 0.2) is 25.6 Å². The van der Waals surface area contributed by atoms with E-state index in [0.717, 1.165) is 11.5 Å². The fraction of sp³-hybridized carbons (Fsp3) is 0.250. The summed E-state index contributed by atoms with van der Waals surface area (Å²) in [6.45, 7) is 0. The average Bonchev–Trinajstić information content (AvgIpc) is 2.07. The van der Waals surface area contributed by atoms with Crippen molar-refractivity contribution < 1.29 is 9.47 Å². The molecule has 1 aliphatic rings. The molecule has 1 heterocycles. The summed E-state index contributed by atoms with van der Waals surface area (Å²) < 4.78 is 10.9. The fourth-order valence-electron chi connectivity index (χ4n) is 1.15. The minimum absolute atomic E-state index is 0.0834. The maximum absolute atomic E-state index is 5.65. The van der Waals surface area contributed by atoms with Crippen molar-refractivity contribution in [3.8, 4) is 11.5 Å². The first-order chi connectivity index (χ1) is 5.77. The zero-order valence-corrected chi connectivity index (χ0v) is 6.86. The highest BCUT2D eigenvalue weighted by molar-refractivity contribution is 6.11. The van der Waals surface area contributed by atoms with Crippen molar-refractivity contribution in [3.05, 3.63) is 24.3 Å². The van der Waals surface area contributed by atoms with E-state index in [-0.39, 0.29) is 12.2 Å². The van der Waals surface area contributed by atoms with E-state index >= 15 is 0 Å². The zero-order valence-electron chi connectivity index (χ0n) is 6.86. The van der Waals surface area contributed by atoms with E-state index in [9.17, 15) is 0 Å². The van der Waals surface area contributed by atoms with Crippen molar-refractivity contribution in [2.75, 3.05) is 0 Å². The van der Waals surface area contributed by atoms with Crippen molar-refractivity contribution in [2.24, 2.45) is 5.73 Å². The van der Waals surface area contributed by atoms with E-state index in [1.54, 1.807) is 0 Å². The molecule has 1 aromatic rings.